The van der Waals surface area contributed by atoms with Crippen LogP contribution in [0.1, 0.15) is 30.4 Å². The van der Waals surface area contributed by atoms with Gasteiger partial charge in [0.05, 0.1) is 12.7 Å². The van der Waals surface area contributed by atoms with E-state index >= 15 is 0 Å². The second-order valence-electron chi connectivity index (χ2n) is 5.46. The minimum Gasteiger partial charge on any atom is -0.493 e. The summed E-state index contributed by atoms with van der Waals surface area (Å²) in [5.41, 5.74) is 2.78. The van der Waals surface area contributed by atoms with E-state index in [9.17, 15) is 0 Å². The average Bonchev–Trinajstić information content (AvgIpc) is 3.08. The van der Waals surface area contributed by atoms with Gasteiger partial charge in [0.1, 0.15) is 5.75 Å². The van der Waals surface area contributed by atoms with Gasteiger partial charge in [-0.1, -0.05) is 12.1 Å². The molecule has 1 fully saturated rings. The molecule has 3 nitrogen and oxygen atoms in total. The highest BCUT2D eigenvalue weighted by Crippen LogP contribution is 2.25. The zero-order valence-electron chi connectivity index (χ0n) is 11.5. The largest absolute Gasteiger partial charge is 0.493 e. The van der Waals surface area contributed by atoms with Crippen LogP contribution in [0.3, 0.4) is 0 Å². The molecule has 3 rings (SSSR count). The average molecular weight is 261 g/mol. The van der Waals surface area contributed by atoms with Crippen LogP contribution in [0, 0.1) is 0 Å². The third-order valence-electron chi connectivity index (χ3n) is 4.01. The van der Waals surface area contributed by atoms with E-state index in [1.165, 1.54) is 24.0 Å². The molecule has 1 aromatic carbocycles. The lowest BCUT2D eigenvalue weighted by atomic mass is 10.1. The van der Waals surface area contributed by atoms with Gasteiger partial charge in [0.15, 0.2) is 0 Å². The van der Waals surface area contributed by atoms with Crippen LogP contribution in [0.2, 0.25) is 0 Å². The predicted molar refractivity (Wildman–Crippen MR) is 75.8 cm³/mol. The first-order chi connectivity index (χ1) is 9.42. The van der Waals surface area contributed by atoms with E-state index in [1.54, 1.807) is 0 Å². The van der Waals surface area contributed by atoms with E-state index < -0.39 is 0 Å². The van der Waals surface area contributed by atoms with Crippen molar-refractivity contribution in [3.05, 3.63) is 29.3 Å². The summed E-state index contributed by atoms with van der Waals surface area (Å²) >= 11 is 0. The third kappa shape index (κ3) is 3.48. The van der Waals surface area contributed by atoms with Crippen LogP contribution in [0.15, 0.2) is 18.2 Å². The summed E-state index contributed by atoms with van der Waals surface area (Å²) in [6.07, 6.45) is 6.30. The maximum absolute atomic E-state index is 5.61. The number of hydrogen-bond acceptors (Lipinski definition) is 3. The van der Waals surface area contributed by atoms with E-state index in [-0.39, 0.29) is 0 Å². The van der Waals surface area contributed by atoms with E-state index in [0.29, 0.717) is 6.10 Å². The molecule has 2 heterocycles. The van der Waals surface area contributed by atoms with Crippen molar-refractivity contribution in [3.8, 4) is 5.75 Å². The van der Waals surface area contributed by atoms with E-state index in [1.807, 2.05) is 0 Å². The van der Waals surface area contributed by atoms with Crippen LogP contribution >= 0.6 is 0 Å². The zero-order chi connectivity index (χ0) is 12.9. The lowest BCUT2D eigenvalue weighted by Crippen LogP contribution is -2.22. The van der Waals surface area contributed by atoms with Crippen molar-refractivity contribution in [1.82, 2.24) is 5.32 Å². The summed E-state index contributed by atoms with van der Waals surface area (Å²) in [7, 11) is 0. The van der Waals surface area contributed by atoms with Crippen LogP contribution in [-0.2, 0) is 17.6 Å². The Labute approximate surface area is 115 Å². The van der Waals surface area contributed by atoms with Crippen molar-refractivity contribution in [2.45, 2.75) is 38.2 Å². The highest BCUT2D eigenvalue weighted by Gasteiger charge is 2.14. The number of rotatable bonds is 6. The van der Waals surface area contributed by atoms with Crippen molar-refractivity contribution < 1.29 is 9.47 Å². The fourth-order valence-electron chi connectivity index (χ4n) is 2.89. The van der Waals surface area contributed by atoms with Crippen LogP contribution in [0.5, 0.6) is 5.75 Å². The number of benzene rings is 1. The molecule has 0 spiro atoms. The van der Waals surface area contributed by atoms with Crippen LogP contribution < -0.4 is 10.1 Å². The molecule has 0 bridgehead atoms. The van der Waals surface area contributed by atoms with Gasteiger partial charge in [-0.15, -0.1) is 0 Å². The summed E-state index contributed by atoms with van der Waals surface area (Å²) in [5.74, 6) is 1.08. The molecule has 104 valence electrons. The van der Waals surface area contributed by atoms with E-state index in [2.05, 4.69) is 23.5 Å². The SMILES string of the molecule is c1cc2c(cc1CCNCCC1CCCO1)CCO2. The fraction of sp³-hybridized carbons (Fsp3) is 0.625. The summed E-state index contributed by atoms with van der Waals surface area (Å²) in [6, 6.07) is 6.60. The van der Waals surface area contributed by atoms with Crippen molar-refractivity contribution in [1.29, 1.82) is 0 Å². The topological polar surface area (TPSA) is 30.5 Å². The molecule has 1 N–H and O–H groups in total. The monoisotopic (exact) mass is 261 g/mol. The summed E-state index contributed by atoms with van der Waals surface area (Å²) in [5, 5.41) is 3.52. The Morgan fingerprint density at radius 1 is 1.21 bits per heavy atom. The molecule has 0 radical (unpaired) electrons. The molecule has 0 aliphatic carbocycles. The van der Waals surface area contributed by atoms with Gasteiger partial charge in [0.25, 0.3) is 0 Å². The summed E-state index contributed by atoms with van der Waals surface area (Å²) in [4.78, 5) is 0. The zero-order valence-corrected chi connectivity index (χ0v) is 11.5. The molecule has 0 aromatic heterocycles. The first kappa shape index (κ1) is 12.9. The van der Waals surface area contributed by atoms with Crippen LogP contribution in [-0.4, -0.2) is 32.4 Å². The summed E-state index contributed by atoms with van der Waals surface area (Å²) in [6.45, 7) is 3.92. The maximum atomic E-state index is 5.61. The van der Waals surface area contributed by atoms with Crippen molar-refractivity contribution in [2.24, 2.45) is 0 Å². The molecular weight excluding hydrogens is 238 g/mol. The van der Waals surface area contributed by atoms with Crippen LogP contribution in [0.4, 0.5) is 0 Å². The third-order valence-corrected chi connectivity index (χ3v) is 4.01. The molecular formula is C16H23NO2. The van der Waals surface area contributed by atoms with Gasteiger partial charge in [-0.05, 0) is 56.0 Å². The second kappa shape index (κ2) is 6.40. The highest BCUT2D eigenvalue weighted by molar-refractivity contribution is 5.39. The number of nitrogens with one attached hydrogen (secondary N) is 1. The van der Waals surface area contributed by atoms with Crippen molar-refractivity contribution in [3.63, 3.8) is 0 Å². The fourth-order valence-corrected chi connectivity index (χ4v) is 2.89. The molecule has 1 unspecified atom stereocenters. The minimum absolute atomic E-state index is 0.504. The lowest BCUT2D eigenvalue weighted by Gasteiger charge is -2.10. The summed E-state index contributed by atoms with van der Waals surface area (Å²) < 4.78 is 11.1. The Hall–Kier alpha value is -1.06. The van der Waals surface area contributed by atoms with Crippen molar-refractivity contribution >= 4 is 0 Å². The Bertz CT molecular complexity index is 413. The predicted octanol–water partition coefficient (Wildman–Crippen LogP) is 2.32. The highest BCUT2D eigenvalue weighted by atomic mass is 16.5. The van der Waals surface area contributed by atoms with Gasteiger partial charge in [-0.2, -0.15) is 0 Å². The Morgan fingerprint density at radius 3 is 3.11 bits per heavy atom. The number of hydrogen-bond donors (Lipinski definition) is 1. The maximum Gasteiger partial charge on any atom is 0.122 e. The van der Waals surface area contributed by atoms with Crippen LogP contribution in [0.25, 0.3) is 0 Å². The molecule has 0 saturated carbocycles. The molecule has 1 atom stereocenters. The van der Waals surface area contributed by atoms with Gasteiger partial charge >= 0.3 is 0 Å². The molecule has 1 saturated heterocycles. The number of ether oxygens (including phenoxy) is 2. The molecule has 3 heteroatoms. The Balaban J connectivity index is 1.35. The molecule has 1 aromatic rings. The number of fused-ring (bicyclic) bond motifs is 1. The van der Waals surface area contributed by atoms with Gasteiger partial charge in [0, 0.05) is 13.0 Å². The molecule has 2 aliphatic heterocycles. The first-order valence-electron chi connectivity index (χ1n) is 7.49. The smallest absolute Gasteiger partial charge is 0.122 e. The Morgan fingerprint density at radius 2 is 2.21 bits per heavy atom. The standard InChI is InChI=1S/C16H23NO2/c1-2-15(18-10-1)6-9-17-8-5-13-3-4-16-14(12-13)7-11-19-16/h3-4,12,15,17H,1-2,5-11H2. The molecule has 0 amide bonds. The van der Waals surface area contributed by atoms with Gasteiger partial charge < -0.3 is 14.8 Å². The van der Waals surface area contributed by atoms with Crippen molar-refractivity contribution in [2.75, 3.05) is 26.3 Å². The van der Waals surface area contributed by atoms with Gasteiger partial charge in [0.2, 0.25) is 0 Å². The second-order valence-corrected chi connectivity index (χ2v) is 5.46. The van der Waals surface area contributed by atoms with E-state index in [0.717, 1.165) is 51.3 Å². The van der Waals surface area contributed by atoms with E-state index in [4.69, 9.17) is 9.47 Å². The molecule has 2 aliphatic rings. The normalized spacial score (nSPS) is 21.4. The van der Waals surface area contributed by atoms with Gasteiger partial charge in [-0.25, -0.2) is 0 Å². The molecule has 19 heavy (non-hydrogen) atoms. The Kier molecular flexibility index (Phi) is 4.36. The quantitative estimate of drug-likeness (QED) is 0.797. The minimum atomic E-state index is 0.504. The lowest BCUT2D eigenvalue weighted by molar-refractivity contribution is 0.104. The van der Waals surface area contributed by atoms with Gasteiger partial charge in [-0.3, -0.25) is 0 Å². The first-order valence-corrected chi connectivity index (χ1v) is 7.49.